The molecular formula is C28H17N3PtS. The van der Waals surface area contributed by atoms with E-state index < -0.39 is 0 Å². The third kappa shape index (κ3) is 4.13. The zero-order valence-electron chi connectivity index (χ0n) is 18.3. The molecule has 3 heterocycles. The maximum absolute atomic E-state index is 8.00. The van der Waals surface area contributed by atoms with E-state index in [1.165, 1.54) is 0 Å². The first-order valence-corrected chi connectivity index (χ1v) is 11.1. The van der Waals surface area contributed by atoms with Gasteiger partial charge in [0.05, 0.1) is 6.40 Å². The molecule has 0 amide bonds. The predicted octanol–water partition coefficient (Wildman–Crippen LogP) is 6.99. The summed E-state index contributed by atoms with van der Waals surface area (Å²) >= 11 is 1.59. The predicted molar refractivity (Wildman–Crippen MR) is 130 cm³/mol. The summed E-state index contributed by atoms with van der Waals surface area (Å²) in [4.78, 5) is 9.88. The normalized spacial score (nSPS) is 11.3. The van der Waals surface area contributed by atoms with Gasteiger partial charge >= 0.3 is 21.1 Å². The molecule has 0 atom stereocenters. The van der Waals surface area contributed by atoms with Gasteiger partial charge in [-0.2, -0.15) is 30.3 Å². The summed E-state index contributed by atoms with van der Waals surface area (Å²) in [5.41, 5.74) is 3.90. The molecular weight excluding hydrogens is 605 g/mol. The number of aromatic nitrogens is 3. The average Bonchev–Trinajstić information content (AvgIpc) is 3.18. The Bertz CT molecular complexity index is 1620. The van der Waals surface area contributed by atoms with Crippen molar-refractivity contribution in [1.29, 1.82) is 0 Å². The fourth-order valence-corrected chi connectivity index (χ4v) is 4.71. The van der Waals surface area contributed by atoms with Gasteiger partial charge in [-0.15, -0.1) is 12.1 Å². The minimum absolute atomic E-state index is 0. The Kier molecular flexibility index (Phi) is 5.78. The Labute approximate surface area is 212 Å². The van der Waals surface area contributed by atoms with Gasteiger partial charge in [0.15, 0.2) is 0 Å². The van der Waals surface area contributed by atoms with Gasteiger partial charge in [-0.05, 0) is 41.2 Å². The van der Waals surface area contributed by atoms with Gasteiger partial charge in [-0.25, -0.2) is 21.1 Å². The molecule has 6 aromatic rings. The van der Waals surface area contributed by atoms with E-state index in [4.69, 9.17) is 1.37 Å². The van der Waals surface area contributed by atoms with E-state index >= 15 is 0 Å². The molecule has 0 radical (unpaired) electrons. The van der Waals surface area contributed by atoms with Crippen LogP contribution in [0, 0.1) is 12.1 Å². The van der Waals surface area contributed by atoms with Crippen molar-refractivity contribution in [2.24, 2.45) is 0 Å². The van der Waals surface area contributed by atoms with Gasteiger partial charge < -0.3 is 4.57 Å². The molecule has 3 nitrogen and oxygen atoms in total. The minimum atomic E-state index is 0. The van der Waals surface area contributed by atoms with Crippen LogP contribution in [0.4, 0.5) is 0 Å². The average molecular weight is 624 g/mol. The molecule has 5 heteroatoms. The molecule has 0 aliphatic carbocycles. The van der Waals surface area contributed by atoms with Crippen LogP contribution in [-0.2, 0) is 21.1 Å². The summed E-state index contributed by atoms with van der Waals surface area (Å²) in [6, 6.07) is 37.1. The largest absolute Gasteiger partial charge is 2.00 e. The fourth-order valence-electron chi connectivity index (χ4n) is 3.91. The number of rotatable bonds is 4. The fraction of sp³-hybridized carbons (Fsp3) is 0. The van der Waals surface area contributed by atoms with Gasteiger partial charge in [0.25, 0.3) is 0 Å². The van der Waals surface area contributed by atoms with E-state index in [0.29, 0.717) is 5.82 Å². The van der Waals surface area contributed by atoms with E-state index in [9.17, 15) is 0 Å². The Morgan fingerprint density at radius 3 is 2.45 bits per heavy atom. The maximum Gasteiger partial charge on any atom is 2.00 e. The van der Waals surface area contributed by atoms with Gasteiger partial charge in [0.1, 0.15) is 5.82 Å². The minimum Gasteiger partial charge on any atom is -0.314 e. The molecule has 3 aromatic carbocycles. The molecule has 33 heavy (non-hydrogen) atoms. The summed E-state index contributed by atoms with van der Waals surface area (Å²) in [6.07, 6.45) is 2.04. The number of hydrogen-bond acceptors (Lipinski definition) is 3. The third-order valence-electron chi connectivity index (χ3n) is 5.32. The van der Waals surface area contributed by atoms with Crippen molar-refractivity contribution >= 4 is 33.6 Å². The van der Waals surface area contributed by atoms with Crippen molar-refractivity contribution in [3.05, 3.63) is 115 Å². The molecule has 0 bridgehead atoms. The second kappa shape index (κ2) is 9.35. The number of nitrogens with zero attached hydrogens (tertiary/aromatic N) is 3. The number of pyridine rings is 2. The molecule has 0 fully saturated rings. The van der Waals surface area contributed by atoms with Gasteiger partial charge in [-0.1, -0.05) is 52.4 Å². The first-order chi connectivity index (χ1) is 16.3. The molecule has 160 valence electrons. The zero-order chi connectivity index (χ0) is 22.2. The van der Waals surface area contributed by atoms with Crippen LogP contribution >= 0.6 is 11.8 Å². The van der Waals surface area contributed by atoms with Crippen LogP contribution in [-0.4, -0.2) is 14.5 Å². The Morgan fingerprint density at radius 2 is 1.58 bits per heavy atom. The molecule has 0 aliphatic heterocycles. The third-order valence-corrected chi connectivity index (χ3v) is 6.23. The number of fused-ring (bicyclic) bond motifs is 3. The monoisotopic (exact) mass is 623 g/mol. The maximum atomic E-state index is 8.00. The van der Waals surface area contributed by atoms with Crippen molar-refractivity contribution in [2.45, 2.75) is 9.92 Å². The van der Waals surface area contributed by atoms with Crippen LogP contribution in [0.15, 0.2) is 113 Å². The van der Waals surface area contributed by atoms with Crippen LogP contribution in [0.2, 0.25) is 0 Å². The molecule has 0 N–H and O–H groups in total. The first kappa shape index (κ1) is 20.4. The molecule has 0 saturated carbocycles. The van der Waals surface area contributed by atoms with Crippen molar-refractivity contribution in [2.75, 3.05) is 0 Å². The van der Waals surface area contributed by atoms with Crippen molar-refractivity contribution in [3.63, 3.8) is 0 Å². The standard InChI is InChI=1S/C28H17N3S.Pt/c1-2-11-25-23(10-1)24-15-14-21(19-26(24)31(25)27-12-3-5-16-29-27)20-8-7-9-22(18-20)32-28-13-4-6-17-30-28;/h1-17H;/q-2;+2/i16D;. The molecule has 0 spiro atoms. The van der Waals surface area contributed by atoms with E-state index in [-0.39, 0.29) is 27.2 Å². The summed E-state index contributed by atoms with van der Waals surface area (Å²) in [6.45, 7) is 0. The number of para-hydroxylation sites is 1. The summed E-state index contributed by atoms with van der Waals surface area (Å²) in [5.74, 6) is 0.713. The summed E-state index contributed by atoms with van der Waals surface area (Å²) < 4.78 is 10.1. The second-order valence-electron chi connectivity index (χ2n) is 7.31. The van der Waals surface area contributed by atoms with Crippen molar-refractivity contribution < 1.29 is 22.4 Å². The summed E-state index contributed by atoms with van der Waals surface area (Å²) in [5, 5.41) is 3.17. The zero-order valence-corrected chi connectivity index (χ0v) is 20.4. The van der Waals surface area contributed by atoms with Gasteiger partial charge in [-0.3, -0.25) is 0 Å². The van der Waals surface area contributed by atoms with Crippen molar-refractivity contribution in [1.82, 2.24) is 14.5 Å². The molecule has 6 rings (SSSR count). The van der Waals surface area contributed by atoms with Crippen LogP contribution in [0.3, 0.4) is 0 Å². The Balaban J connectivity index is 0.00000241. The molecule has 0 aliphatic rings. The Morgan fingerprint density at radius 1 is 0.727 bits per heavy atom. The first-order valence-electron chi connectivity index (χ1n) is 10.8. The van der Waals surface area contributed by atoms with E-state index in [0.717, 1.165) is 42.9 Å². The van der Waals surface area contributed by atoms with E-state index in [1.807, 2.05) is 54.6 Å². The number of benzene rings is 3. The molecule has 0 saturated heterocycles. The topological polar surface area (TPSA) is 30.7 Å². The van der Waals surface area contributed by atoms with Crippen LogP contribution in [0.1, 0.15) is 1.37 Å². The summed E-state index contributed by atoms with van der Waals surface area (Å²) in [7, 11) is 0. The molecule has 0 unspecified atom stereocenters. The smallest absolute Gasteiger partial charge is 0.314 e. The Hall–Kier alpha value is -3.20. The number of hydrogen-bond donors (Lipinski definition) is 0. The SMILES string of the molecule is [2H]c1cccc(-n2c3[c-]c(-c4[c-]c(Sc5ccccn5)ccc4)ccc3c3ccccc32)n1.[Pt+2]. The van der Waals surface area contributed by atoms with E-state index in [1.54, 1.807) is 24.0 Å². The van der Waals surface area contributed by atoms with Crippen LogP contribution in [0.5, 0.6) is 0 Å². The van der Waals surface area contributed by atoms with Gasteiger partial charge in [0, 0.05) is 17.9 Å². The van der Waals surface area contributed by atoms with Crippen LogP contribution < -0.4 is 0 Å². The second-order valence-corrected chi connectivity index (χ2v) is 8.37. The molecule has 3 aromatic heterocycles. The quantitative estimate of drug-likeness (QED) is 0.199. The van der Waals surface area contributed by atoms with Crippen molar-refractivity contribution in [3.8, 4) is 16.9 Å². The van der Waals surface area contributed by atoms with Crippen LogP contribution in [0.25, 0.3) is 38.8 Å². The van der Waals surface area contributed by atoms with E-state index in [2.05, 4.69) is 57.0 Å². The van der Waals surface area contributed by atoms with Gasteiger partial charge in [0.2, 0.25) is 0 Å².